The van der Waals surface area contributed by atoms with E-state index < -0.39 is 28.5 Å². The standard InChI is InChI=1S/C23H26N2O6S/c1-2-30-20-11-8-18(9-12-20)10-13-23(27)31-17-22(26)24-19-6-5-7-21(16-19)32(28,29)25-14-3-4-15-25/h5-13,16H,2-4,14-15,17H2,1H3,(H,24,26). The van der Waals surface area contributed by atoms with Crippen LogP contribution in [0, 0.1) is 0 Å². The summed E-state index contributed by atoms with van der Waals surface area (Å²) in [7, 11) is -3.58. The molecule has 2 aromatic carbocycles. The molecular weight excluding hydrogens is 432 g/mol. The summed E-state index contributed by atoms with van der Waals surface area (Å²) in [6.07, 6.45) is 4.48. The second kappa shape index (κ2) is 10.9. The lowest BCUT2D eigenvalue weighted by atomic mass is 10.2. The number of rotatable bonds is 9. The summed E-state index contributed by atoms with van der Waals surface area (Å²) in [6.45, 7) is 2.98. The Kier molecular flexibility index (Phi) is 8.02. The van der Waals surface area contributed by atoms with E-state index in [4.69, 9.17) is 9.47 Å². The highest BCUT2D eigenvalue weighted by atomic mass is 32.2. The number of hydrogen-bond donors (Lipinski definition) is 1. The molecule has 1 amide bonds. The molecule has 8 nitrogen and oxygen atoms in total. The van der Waals surface area contributed by atoms with E-state index >= 15 is 0 Å². The molecule has 0 atom stereocenters. The van der Waals surface area contributed by atoms with Crippen molar-refractivity contribution >= 4 is 33.7 Å². The Morgan fingerprint density at radius 2 is 1.81 bits per heavy atom. The number of sulfonamides is 1. The van der Waals surface area contributed by atoms with Crippen molar-refractivity contribution in [3.8, 4) is 5.75 Å². The van der Waals surface area contributed by atoms with Gasteiger partial charge < -0.3 is 14.8 Å². The lowest BCUT2D eigenvalue weighted by Crippen LogP contribution is -2.28. The lowest BCUT2D eigenvalue weighted by molar-refractivity contribution is -0.142. The van der Waals surface area contributed by atoms with Gasteiger partial charge in [0.2, 0.25) is 10.0 Å². The first-order valence-electron chi connectivity index (χ1n) is 10.4. The molecule has 1 N–H and O–H groups in total. The molecule has 170 valence electrons. The van der Waals surface area contributed by atoms with Crippen LogP contribution in [0.5, 0.6) is 5.75 Å². The molecule has 0 radical (unpaired) electrons. The first kappa shape index (κ1) is 23.5. The third-order valence-electron chi connectivity index (χ3n) is 4.77. The summed E-state index contributed by atoms with van der Waals surface area (Å²) in [5.41, 5.74) is 1.10. The quantitative estimate of drug-likeness (QED) is 0.458. The molecule has 1 fully saturated rings. The lowest BCUT2D eigenvalue weighted by Gasteiger charge is -2.16. The highest BCUT2D eigenvalue weighted by molar-refractivity contribution is 7.89. The number of anilines is 1. The first-order chi connectivity index (χ1) is 15.4. The van der Waals surface area contributed by atoms with Crippen molar-refractivity contribution < 1.29 is 27.5 Å². The van der Waals surface area contributed by atoms with E-state index in [1.165, 1.54) is 22.5 Å². The van der Waals surface area contributed by atoms with Crippen molar-refractivity contribution in [3.05, 3.63) is 60.2 Å². The average molecular weight is 459 g/mol. The van der Waals surface area contributed by atoms with Crippen LogP contribution in [-0.2, 0) is 24.3 Å². The molecule has 1 aliphatic heterocycles. The summed E-state index contributed by atoms with van der Waals surface area (Å²) in [4.78, 5) is 24.1. The molecular formula is C23H26N2O6S. The number of hydrogen-bond acceptors (Lipinski definition) is 6. The number of ether oxygens (including phenoxy) is 2. The molecule has 0 saturated carbocycles. The van der Waals surface area contributed by atoms with E-state index in [2.05, 4.69) is 5.32 Å². The van der Waals surface area contributed by atoms with E-state index in [0.717, 1.165) is 24.2 Å². The molecule has 0 aromatic heterocycles. The van der Waals surface area contributed by atoms with Crippen LogP contribution in [0.3, 0.4) is 0 Å². The van der Waals surface area contributed by atoms with Gasteiger partial charge in [-0.25, -0.2) is 13.2 Å². The number of nitrogens with one attached hydrogen (secondary N) is 1. The zero-order chi connectivity index (χ0) is 23.0. The summed E-state index contributed by atoms with van der Waals surface area (Å²) < 4.78 is 37.1. The minimum atomic E-state index is -3.58. The molecule has 0 aliphatic carbocycles. The smallest absolute Gasteiger partial charge is 0.331 e. The zero-order valence-electron chi connectivity index (χ0n) is 17.8. The van der Waals surface area contributed by atoms with Crippen molar-refractivity contribution in [2.24, 2.45) is 0 Å². The van der Waals surface area contributed by atoms with Crippen LogP contribution in [0.2, 0.25) is 0 Å². The molecule has 1 heterocycles. The van der Waals surface area contributed by atoms with Crippen LogP contribution in [0.25, 0.3) is 6.08 Å². The number of esters is 1. The van der Waals surface area contributed by atoms with Gasteiger partial charge in [-0.2, -0.15) is 4.31 Å². The van der Waals surface area contributed by atoms with Crippen LogP contribution in [0.15, 0.2) is 59.5 Å². The number of nitrogens with zero attached hydrogens (tertiary/aromatic N) is 1. The third-order valence-corrected chi connectivity index (χ3v) is 6.66. The van der Waals surface area contributed by atoms with E-state index in [1.54, 1.807) is 42.5 Å². The fourth-order valence-corrected chi connectivity index (χ4v) is 4.76. The van der Waals surface area contributed by atoms with Crippen molar-refractivity contribution in [2.75, 3.05) is 31.6 Å². The van der Waals surface area contributed by atoms with E-state index in [0.29, 0.717) is 25.4 Å². The van der Waals surface area contributed by atoms with Gasteiger partial charge in [0.1, 0.15) is 5.75 Å². The summed E-state index contributed by atoms with van der Waals surface area (Å²) in [5, 5.41) is 2.56. The Bertz CT molecular complexity index is 1070. The minimum absolute atomic E-state index is 0.118. The predicted octanol–water partition coefficient (Wildman–Crippen LogP) is 3.06. The van der Waals surface area contributed by atoms with Gasteiger partial charge in [0.25, 0.3) is 5.91 Å². The number of carbonyl (C=O) groups excluding carboxylic acids is 2. The van der Waals surface area contributed by atoms with Gasteiger partial charge in [-0.15, -0.1) is 0 Å². The van der Waals surface area contributed by atoms with Gasteiger partial charge in [0.15, 0.2) is 6.61 Å². The number of benzene rings is 2. The second-order valence-electron chi connectivity index (χ2n) is 7.13. The van der Waals surface area contributed by atoms with Crippen molar-refractivity contribution in [1.82, 2.24) is 4.31 Å². The fraction of sp³-hybridized carbons (Fsp3) is 0.304. The minimum Gasteiger partial charge on any atom is -0.494 e. The van der Waals surface area contributed by atoms with Gasteiger partial charge in [-0.05, 0) is 61.7 Å². The number of amides is 1. The van der Waals surface area contributed by atoms with E-state index in [-0.39, 0.29) is 4.90 Å². The third kappa shape index (κ3) is 6.41. The van der Waals surface area contributed by atoms with Gasteiger partial charge in [-0.3, -0.25) is 4.79 Å². The molecule has 0 unspecified atom stereocenters. The molecule has 1 aliphatic rings. The molecule has 0 spiro atoms. The summed E-state index contributed by atoms with van der Waals surface area (Å²) >= 11 is 0. The molecule has 2 aromatic rings. The van der Waals surface area contributed by atoms with E-state index in [1.807, 2.05) is 6.92 Å². The van der Waals surface area contributed by atoms with Crippen molar-refractivity contribution in [1.29, 1.82) is 0 Å². The molecule has 9 heteroatoms. The average Bonchev–Trinajstić information content (AvgIpc) is 3.34. The Morgan fingerprint density at radius 3 is 2.50 bits per heavy atom. The molecule has 3 rings (SSSR count). The van der Waals surface area contributed by atoms with Gasteiger partial charge in [-0.1, -0.05) is 18.2 Å². The molecule has 0 bridgehead atoms. The van der Waals surface area contributed by atoms with Crippen LogP contribution in [0.1, 0.15) is 25.3 Å². The predicted molar refractivity (Wildman–Crippen MR) is 121 cm³/mol. The monoisotopic (exact) mass is 458 g/mol. The van der Waals surface area contributed by atoms with Crippen molar-refractivity contribution in [2.45, 2.75) is 24.7 Å². The van der Waals surface area contributed by atoms with Crippen LogP contribution >= 0.6 is 0 Å². The normalized spacial score (nSPS) is 14.4. The van der Waals surface area contributed by atoms with E-state index in [9.17, 15) is 18.0 Å². The molecule has 32 heavy (non-hydrogen) atoms. The van der Waals surface area contributed by atoms with Crippen LogP contribution in [-0.4, -0.2) is 50.9 Å². The second-order valence-corrected chi connectivity index (χ2v) is 9.07. The van der Waals surface area contributed by atoms with Gasteiger partial charge in [0, 0.05) is 24.9 Å². The van der Waals surface area contributed by atoms with Crippen LogP contribution in [0.4, 0.5) is 5.69 Å². The maximum atomic E-state index is 12.7. The Morgan fingerprint density at radius 1 is 1.09 bits per heavy atom. The summed E-state index contributed by atoms with van der Waals surface area (Å²) in [5.74, 6) is -0.496. The Hall–Kier alpha value is -3.17. The topological polar surface area (TPSA) is 102 Å². The first-order valence-corrected chi connectivity index (χ1v) is 11.8. The van der Waals surface area contributed by atoms with Gasteiger partial charge in [0.05, 0.1) is 11.5 Å². The summed E-state index contributed by atoms with van der Waals surface area (Å²) in [6, 6.07) is 13.2. The molecule has 1 saturated heterocycles. The Balaban J connectivity index is 1.50. The van der Waals surface area contributed by atoms with Gasteiger partial charge >= 0.3 is 5.97 Å². The fourth-order valence-electron chi connectivity index (χ4n) is 3.20. The SMILES string of the molecule is CCOc1ccc(C=CC(=O)OCC(=O)Nc2cccc(S(=O)(=O)N3CCCC3)c2)cc1. The zero-order valence-corrected chi connectivity index (χ0v) is 18.6. The van der Waals surface area contributed by atoms with Crippen LogP contribution < -0.4 is 10.1 Å². The highest BCUT2D eigenvalue weighted by Gasteiger charge is 2.27. The highest BCUT2D eigenvalue weighted by Crippen LogP contribution is 2.23. The largest absolute Gasteiger partial charge is 0.494 e. The Labute approximate surface area is 187 Å². The maximum absolute atomic E-state index is 12.7. The number of carbonyl (C=O) groups is 2. The van der Waals surface area contributed by atoms with Crippen molar-refractivity contribution in [3.63, 3.8) is 0 Å². The maximum Gasteiger partial charge on any atom is 0.331 e.